The SMILES string of the molecule is c1ccc2cc3c(cc2c1)c1c2ccccc2ccc1n3-c1cc(-c2nc(-c3ccc4oc5ccccc5c4c3)nc(-n3c4ccccc4c4ccccc43)n2)c2c(c1)oc1ccccc12. The van der Waals surface area contributed by atoms with Gasteiger partial charge in [-0.2, -0.15) is 9.97 Å². The number of aromatic nitrogens is 5. The van der Waals surface area contributed by atoms with Gasteiger partial charge in [-0.25, -0.2) is 4.98 Å². The van der Waals surface area contributed by atoms with Crippen LogP contribution in [0.4, 0.5) is 0 Å². The quantitative estimate of drug-likeness (QED) is 0.176. The van der Waals surface area contributed by atoms with Crippen molar-refractivity contribution in [3.63, 3.8) is 0 Å². The zero-order valence-corrected chi connectivity index (χ0v) is 35.1. The molecule has 5 heterocycles. The van der Waals surface area contributed by atoms with Crippen molar-refractivity contribution in [3.05, 3.63) is 200 Å². The molecule has 0 atom stereocenters. The van der Waals surface area contributed by atoms with E-state index in [1.54, 1.807) is 0 Å². The van der Waals surface area contributed by atoms with Crippen molar-refractivity contribution >= 4 is 109 Å². The summed E-state index contributed by atoms with van der Waals surface area (Å²) in [7, 11) is 0. The van der Waals surface area contributed by atoms with Gasteiger partial charge in [-0.3, -0.25) is 4.57 Å². The molecular weight excluding hydrogens is 811 g/mol. The predicted octanol–water partition coefficient (Wildman–Crippen LogP) is 15.5. The largest absolute Gasteiger partial charge is 0.456 e. The maximum atomic E-state index is 6.83. The summed E-state index contributed by atoms with van der Waals surface area (Å²) in [5, 5.41) is 13.4. The maximum Gasteiger partial charge on any atom is 0.238 e. The highest BCUT2D eigenvalue weighted by atomic mass is 16.3. The molecule has 0 radical (unpaired) electrons. The molecule has 0 aliphatic heterocycles. The Balaban J connectivity index is 1.07. The van der Waals surface area contributed by atoms with Gasteiger partial charge in [0.05, 0.1) is 27.8 Å². The number of rotatable bonds is 4. The molecule has 0 amide bonds. The first kappa shape index (κ1) is 35.4. The lowest BCUT2D eigenvalue weighted by Crippen LogP contribution is -2.07. The van der Waals surface area contributed by atoms with E-state index >= 15 is 0 Å². The van der Waals surface area contributed by atoms with Gasteiger partial charge in [0.2, 0.25) is 5.95 Å². The fourth-order valence-electron chi connectivity index (χ4n) is 10.6. The van der Waals surface area contributed by atoms with Crippen LogP contribution in [0, 0.1) is 0 Å². The highest BCUT2D eigenvalue weighted by Crippen LogP contribution is 2.43. The first-order valence-electron chi connectivity index (χ1n) is 22.2. The molecule has 7 heteroatoms. The molecule has 7 nitrogen and oxygen atoms in total. The van der Waals surface area contributed by atoms with Crippen LogP contribution in [0.15, 0.2) is 209 Å². The van der Waals surface area contributed by atoms with E-state index in [2.05, 4.69) is 167 Å². The van der Waals surface area contributed by atoms with Gasteiger partial charge in [0.25, 0.3) is 0 Å². The number of para-hydroxylation sites is 4. The minimum Gasteiger partial charge on any atom is -0.456 e. The van der Waals surface area contributed by atoms with E-state index in [4.69, 9.17) is 23.8 Å². The molecule has 306 valence electrons. The molecule has 5 aromatic heterocycles. The third-order valence-electron chi connectivity index (χ3n) is 13.5. The first-order valence-corrected chi connectivity index (χ1v) is 22.2. The molecule has 66 heavy (non-hydrogen) atoms. The van der Waals surface area contributed by atoms with Crippen LogP contribution in [-0.2, 0) is 0 Å². The van der Waals surface area contributed by atoms with Crippen LogP contribution in [0.25, 0.3) is 143 Å². The van der Waals surface area contributed by atoms with Gasteiger partial charge in [0, 0.05) is 60.3 Å². The molecular formula is C59H33N5O2. The number of hydrogen-bond acceptors (Lipinski definition) is 5. The summed E-state index contributed by atoms with van der Waals surface area (Å²) in [5.41, 5.74) is 10.0. The van der Waals surface area contributed by atoms with E-state index in [-0.39, 0.29) is 0 Å². The van der Waals surface area contributed by atoms with Crippen molar-refractivity contribution in [2.45, 2.75) is 0 Å². The van der Waals surface area contributed by atoms with Crippen LogP contribution >= 0.6 is 0 Å². The number of furan rings is 2. The van der Waals surface area contributed by atoms with Crippen LogP contribution < -0.4 is 0 Å². The molecule has 10 aromatic carbocycles. The monoisotopic (exact) mass is 843 g/mol. The Hall–Kier alpha value is -9.07. The molecule has 15 aromatic rings. The second kappa shape index (κ2) is 13.2. The molecule has 0 aliphatic rings. The normalized spacial score (nSPS) is 12.2. The van der Waals surface area contributed by atoms with E-state index in [9.17, 15) is 0 Å². The number of fused-ring (bicyclic) bond motifs is 15. The van der Waals surface area contributed by atoms with Crippen molar-refractivity contribution in [1.82, 2.24) is 24.1 Å². The van der Waals surface area contributed by atoms with E-state index in [0.29, 0.717) is 17.6 Å². The fraction of sp³-hybridized carbons (Fsp3) is 0. The van der Waals surface area contributed by atoms with Gasteiger partial charge in [0.15, 0.2) is 11.6 Å². The summed E-state index contributed by atoms with van der Waals surface area (Å²) in [5.74, 6) is 1.60. The number of benzene rings is 10. The lowest BCUT2D eigenvalue weighted by molar-refractivity contribution is 0.668. The molecule has 0 unspecified atom stereocenters. The Labute approximate surface area is 375 Å². The smallest absolute Gasteiger partial charge is 0.238 e. The summed E-state index contributed by atoms with van der Waals surface area (Å²) < 4.78 is 17.7. The van der Waals surface area contributed by atoms with Crippen LogP contribution in [-0.4, -0.2) is 24.1 Å². The molecule has 0 saturated carbocycles. The van der Waals surface area contributed by atoms with E-state index in [0.717, 1.165) is 93.5 Å². The van der Waals surface area contributed by atoms with Crippen molar-refractivity contribution in [2.75, 3.05) is 0 Å². The van der Waals surface area contributed by atoms with Crippen LogP contribution in [0.5, 0.6) is 0 Å². The Bertz CT molecular complexity index is 4500. The van der Waals surface area contributed by atoms with Crippen molar-refractivity contribution in [1.29, 1.82) is 0 Å². The second-order valence-corrected chi connectivity index (χ2v) is 17.2. The molecule has 0 spiro atoms. The first-order chi connectivity index (χ1) is 32.7. The van der Waals surface area contributed by atoms with Crippen LogP contribution in [0.2, 0.25) is 0 Å². The van der Waals surface area contributed by atoms with Gasteiger partial charge in [-0.1, -0.05) is 127 Å². The Morgan fingerprint density at radius 1 is 0.318 bits per heavy atom. The van der Waals surface area contributed by atoms with Crippen LogP contribution in [0.3, 0.4) is 0 Å². The fourth-order valence-corrected chi connectivity index (χ4v) is 10.6. The van der Waals surface area contributed by atoms with Gasteiger partial charge >= 0.3 is 0 Å². The van der Waals surface area contributed by atoms with Crippen molar-refractivity contribution in [3.8, 4) is 34.4 Å². The third-order valence-corrected chi connectivity index (χ3v) is 13.5. The molecule has 15 rings (SSSR count). The zero-order chi connectivity index (χ0) is 43.0. The molecule has 0 fully saturated rings. The minimum absolute atomic E-state index is 0.519. The highest BCUT2D eigenvalue weighted by Gasteiger charge is 2.24. The van der Waals surface area contributed by atoms with Crippen molar-refractivity contribution < 1.29 is 8.83 Å². The van der Waals surface area contributed by atoms with E-state index in [1.165, 1.54) is 32.3 Å². The van der Waals surface area contributed by atoms with Gasteiger partial charge in [0.1, 0.15) is 22.3 Å². The third kappa shape index (κ3) is 4.99. The van der Waals surface area contributed by atoms with Gasteiger partial charge in [-0.05, 0) is 88.3 Å². The van der Waals surface area contributed by atoms with Gasteiger partial charge in [-0.15, -0.1) is 0 Å². The second-order valence-electron chi connectivity index (χ2n) is 17.2. The van der Waals surface area contributed by atoms with E-state index in [1.807, 2.05) is 42.5 Å². The summed E-state index contributed by atoms with van der Waals surface area (Å²) in [6.07, 6.45) is 0. The molecule has 0 N–H and O–H groups in total. The standard InChI is InChI=1S/C59H33N5O2/c1-2-15-36-31-50-45(29-35(36)14-1)55-39-16-4-3-13-34(39)25-27-49(55)63(50)38-32-46(56-43-20-8-12-24-52(43)66-54(56)33-38)58-60-57(37-26-28-53-44(30-37)42-19-7-11-23-51(42)65-53)61-59(62-58)64-47-21-9-5-17-40(47)41-18-6-10-22-48(41)64/h1-33H. The molecule has 0 saturated heterocycles. The average Bonchev–Trinajstić information content (AvgIpc) is 4.12. The maximum absolute atomic E-state index is 6.83. The zero-order valence-electron chi connectivity index (χ0n) is 35.1. The number of hydrogen-bond donors (Lipinski definition) is 0. The predicted molar refractivity (Wildman–Crippen MR) is 269 cm³/mol. The number of nitrogens with zero attached hydrogens (tertiary/aromatic N) is 5. The van der Waals surface area contributed by atoms with Crippen molar-refractivity contribution in [2.24, 2.45) is 0 Å². The van der Waals surface area contributed by atoms with Crippen LogP contribution in [0.1, 0.15) is 0 Å². The minimum atomic E-state index is 0.519. The lowest BCUT2D eigenvalue weighted by Gasteiger charge is -2.14. The molecule has 0 bridgehead atoms. The Morgan fingerprint density at radius 3 is 1.71 bits per heavy atom. The topological polar surface area (TPSA) is 74.8 Å². The van der Waals surface area contributed by atoms with Gasteiger partial charge < -0.3 is 13.4 Å². The summed E-state index contributed by atoms with van der Waals surface area (Å²) >= 11 is 0. The highest BCUT2D eigenvalue weighted by molar-refractivity contribution is 6.24. The Morgan fingerprint density at radius 2 is 0.924 bits per heavy atom. The summed E-state index contributed by atoms with van der Waals surface area (Å²) in [4.78, 5) is 16.3. The van der Waals surface area contributed by atoms with E-state index < -0.39 is 0 Å². The summed E-state index contributed by atoms with van der Waals surface area (Å²) in [6, 6.07) is 70.3. The molecule has 0 aliphatic carbocycles. The average molecular weight is 844 g/mol. The summed E-state index contributed by atoms with van der Waals surface area (Å²) in [6.45, 7) is 0. The lowest BCUT2D eigenvalue weighted by atomic mass is 10.0. The Kier molecular flexibility index (Phi) is 7.10.